The van der Waals surface area contributed by atoms with Crippen LogP contribution >= 0.6 is 12.4 Å². The zero-order valence-corrected chi connectivity index (χ0v) is 17.5. The molecule has 1 heterocycles. The molecule has 2 N–H and O–H groups in total. The summed E-state index contributed by atoms with van der Waals surface area (Å²) in [6, 6.07) is 5.54. The first-order valence-corrected chi connectivity index (χ1v) is 11.0. The minimum absolute atomic E-state index is 0. The molecule has 1 aliphatic heterocycles. The largest absolute Gasteiger partial charge is 0.356 e. The number of aryl methyl sites for hydroxylation is 2. The topological polar surface area (TPSA) is 78.5 Å². The van der Waals surface area contributed by atoms with Crippen molar-refractivity contribution >= 4 is 28.3 Å². The van der Waals surface area contributed by atoms with Gasteiger partial charge < -0.3 is 10.6 Å². The van der Waals surface area contributed by atoms with Crippen molar-refractivity contribution in [3.05, 3.63) is 29.3 Å². The lowest BCUT2D eigenvalue weighted by molar-refractivity contribution is -0.126. The first-order valence-electron chi connectivity index (χ1n) is 9.56. The zero-order valence-electron chi connectivity index (χ0n) is 15.9. The lowest BCUT2D eigenvalue weighted by Crippen LogP contribution is -2.43. The Kier molecular flexibility index (Phi) is 8.09. The fraction of sp³-hybridized carbons (Fsp3) is 0.632. The fourth-order valence-corrected chi connectivity index (χ4v) is 5.36. The molecule has 1 saturated heterocycles. The molecule has 2 aliphatic rings. The van der Waals surface area contributed by atoms with E-state index in [1.165, 1.54) is 15.4 Å². The number of nitrogens with one attached hydrogen (secondary N) is 2. The summed E-state index contributed by atoms with van der Waals surface area (Å²) >= 11 is 0. The summed E-state index contributed by atoms with van der Waals surface area (Å²) in [5.74, 6) is -0.0354. The second-order valence-electron chi connectivity index (χ2n) is 7.21. The molecule has 0 spiro atoms. The van der Waals surface area contributed by atoms with Gasteiger partial charge in [0, 0.05) is 25.6 Å². The number of hydrogen-bond acceptors (Lipinski definition) is 4. The standard InChI is InChI=1S/C19H29N3O3S.ClH/c1-20-10-3-11-21-19(23)16-8-12-22(13-9-16)26(24,25)18-7-6-15-4-2-5-17(15)14-18;/h6-7,14,16,20H,2-5,8-13H2,1H3,(H,21,23);1H. The van der Waals surface area contributed by atoms with E-state index in [0.29, 0.717) is 37.4 Å². The summed E-state index contributed by atoms with van der Waals surface area (Å²) in [5.41, 5.74) is 2.44. The van der Waals surface area contributed by atoms with Gasteiger partial charge in [-0.25, -0.2) is 8.42 Å². The molecule has 0 saturated carbocycles. The third-order valence-electron chi connectivity index (χ3n) is 5.44. The van der Waals surface area contributed by atoms with Gasteiger partial charge in [0.2, 0.25) is 15.9 Å². The summed E-state index contributed by atoms with van der Waals surface area (Å²) in [6.45, 7) is 2.35. The average Bonchev–Trinajstić information content (AvgIpc) is 3.13. The van der Waals surface area contributed by atoms with Crippen LogP contribution in [0, 0.1) is 5.92 Å². The Morgan fingerprint density at radius 1 is 1.15 bits per heavy atom. The number of nitrogens with zero attached hydrogens (tertiary/aromatic N) is 1. The molecule has 3 rings (SSSR count). The van der Waals surface area contributed by atoms with Crippen LogP contribution < -0.4 is 10.6 Å². The maximum Gasteiger partial charge on any atom is 0.243 e. The van der Waals surface area contributed by atoms with E-state index in [2.05, 4.69) is 10.6 Å². The van der Waals surface area contributed by atoms with Gasteiger partial charge in [0.1, 0.15) is 0 Å². The number of carbonyl (C=O) groups excluding carboxylic acids is 1. The van der Waals surface area contributed by atoms with Crippen molar-refractivity contribution in [2.45, 2.75) is 43.4 Å². The molecule has 1 aromatic carbocycles. The molecule has 0 radical (unpaired) electrons. The Balaban J connectivity index is 0.00000261. The van der Waals surface area contributed by atoms with Crippen molar-refractivity contribution in [3.63, 3.8) is 0 Å². The molecule has 152 valence electrons. The Morgan fingerprint density at radius 3 is 2.56 bits per heavy atom. The van der Waals surface area contributed by atoms with Crippen LogP contribution in [0.3, 0.4) is 0 Å². The Hall–Kier alpha value is -1.15. The minimum Gasteiger partial charge on any atom is -0.356 e. The van der Waals surface area contributed by atoms with Crippen LogP contribution in [0.5, 0.6) is 0 Å². The van der Waals surface area contributed by atoms with Crippen molar-refractivity contribution in [2.24, 2.45) is 5.92 Å². The van der Waals surface area contributed by atoms with Crippen LogP contribution in [0.1, 0.15) is 36.8 Å². The molecule has 8 heteroatoms. The lowest BCUT2D eigenvalue weighted by Gasteiger charge is -2.30. The Labute approximate surface area is 168 Å². The zero-order chi connectivity index (χ0) is 18.6. The Bertz CT molecular complexity index is 747. The summed E-state index contributed by atoms with van der Waals surface area (Å²) < 4.78 is 27.4. The highest BCUT2D eigenvalue weighted by Gasteiger charge is 2.32. The molecule has 1 fully saturated rings. The van der Waals surface area contributed by atoms with Crippen molar-refractivity contribution in [1.82, 2.24) is 14.9 Å². The predicted molar refractivity (Wildman–Crippen MR) is 109 cm³/mol. The number of piperidine rings is 1. The van der Waals surface area contributed by atoms with Gasteiger partial charge >= 0.3 is 0 Å². The molecule has 1 aromatic rings. The number of halogens is 1. The van der Waals surface area contributed by atoms with E-state index in [1.54, 1.807) is 6.07 Å². The van der Waals surface area contributed by atoms with Gasteiger partial charge in [0.25, 0.3) is 0 Å². The van der Waals surface area contributed by atoms with Crippen LogP contribution in [-0.2, 0) is 27.7 Å². The normalized spacial score (nSPS) is 18.0. The number of carbonyl (C=O) groups is 1. The maximum atomic E-state index is 12.9. The molecule has 0 aromatic heterocycles. The van der Waals surface area contributed by atoms with E-state index in [0.717, 1.165) is 32.2 Å². The quantitative estimate of drug-likeness (QED) is 0.664. The van der Waals surface area contributed by atoms with Crippen molar-refractivity contribution in [2.75, 3.05) is 33.2 Å². The van der Waals surface area contributed by atoms with Crippen molar-refractivity contribution in [1.29, 1.82) is 0 Å². The molecular formula is C19H30ClN3O3S. The molecule has 0 atom stereocenters. The van der Waals surface area contributed by atoms with E-state index < -0.39 is 10.0 Å². The van der Waals surface area contributed by atoms with Crippen molar-refractivity contribution < 1.29 is 13.2 Å². The van der Waals surface area contributed by atoms with Gasteiger partial charge in [-0.15, -0.1) is 12.4 Å². The number of hydrogen-bond donors (Lipinski definition) is 2. The first-order chi connectivity index (χ1) is 12.5. The summed E-state index contributed by atoms with van der Waals surface area (Å²) in [5, 5.41) is 6.00. The number of fused-ring (bicyclic) bond motifs is 1. The van der Waals surface area contributed by atoms with Gasteiger partial charge in [0.15, 0.2) is 0 Å². The van der Waals surface area contributed by atoms with Crippen LogP contribution in [-0.4, -0.2) is 51.9 Å². The Morgan fingerprint density at radius 2 is 1.85 bits per heavy atom. The van der Waals surface area contributed by atoms with Gasteiger partial charge in [0.05, 0.1) is 4.90 Å². The second-order valence-corrected chi connectivity index (χ2v) is 9.15. The van der Waals surface area contributed by atoms with Crippen LogP contribution in [0.2, 0.25) is 0 Å². The monoisotopic (exact) mass is 415 g/mol. The third-order valence-corrected chi connectivity index (χ3v) is 7.33. The first kappa shape index (κ1) is 22.1. The molecule has 1 amide bonds. The van der Waals surface area contributed by atoms with E-state index in [1.807, 2.05) is 19.2 Å². The maximum absolute atomic E-state index is 12.9. The predicted octanol–water partition coefficient (Wildman–Crippen LogP) is 1.72. The summed E-state index contributed by atoms with van der Waals surface area (Å²) in [7, 11) is -1.58. The molecule has 0 unspecified atom stereocenters. The average molecular weight is 416 g/mol. The van der Waals surface area contributed by atoms with E-state index in [9.17, 15) is 13.2 Å². The SMILES string of the molecule is CNCCCNC(=O)C1CCN(S(=O)(=O)c2ccc3c(c2)CCC3)CC1.Cl. The van der Waals surface area contributed by atoms with E-state index in [-0.39, 0.29) is 24.2 Å². The number of sulfonamides is 1. The smallest absolute Gasteiger partial charge is 0.243 e. The van der Waals surface area contributed by atoms with Gasteiger partial charge in [-0.3, -0.25) is 4.79 Å². The van der Waals surface area contributed by atoms with E-state index in [4.69, 9.17) is 0 Å². The number of amides is 1. The molecule has 1 aliphatic carbocycles. The van der Waals surface area contributed by atoms with Gasteiger partial charge in [-0.1, -0.05) is 6.07 Å². The lowest BCUT2D eigenvalue weighted by atomic mass is 9.97. The second kappa shape index (κ2) is 9.87. The van der Waals surface area contributed by atoms with Gasteiger partial charge in [-0.05, 0) is 75.4 Å². The minimum atomic E-state index is -3.46. The highest BCUT2D eigenvalue weighted by Crippen LogP contribution is 2.28. The van der Waals surface area contributed by atoms with Crippen molar-refractivity contribution in [3.8, 4) is 0 Å². The summed E-state index contributed by atoms with van der Waals surface area (Å²) in [4.78, 5) is 12.6. The van der Waals surface area contributed by atoms with E-state index >= 15 is 0 Å². The highest BCUT2D eigenvalue weighted by atomic mass is 35.5. The van der Waals surface area contributed by atoms with Crippen LogP contribution in [0.15, 0.2) is 23.1 Å². The van der Waals surface area contributed by atoms with Gasteiger partial charge in [-0.2, -0.15) is 4.31 Å². The van der Waals surface area contributed by atoms with Crippen LogP contribution in [0.25, 0.3) is 0 Å². The molecule has 0 bridgehead atoms. The molecule has 6 nitrogen and oxygen atoms in total. The fourth-order valence-electron chi connectivity index (χ4n) is 3.84. The molecule has 27 heavy (non-hydrogen) atoms. The summed E-state index contributed by atoms with van der Waals surface area (Å²) in [6.07, 6.45) is 5.19. The van der Waals surface area contributed by atoms with Crippen LogP contribution in [0.4, 0.5) is 0 Å². The third kappa shape index (κ3) is 5.22. The highest BCUT2D eigenvalue weighted by molar-refractivity contribution is 7.89. The molecular weight excluding hydrogens is 386 g/mol. The number of rotatable bonds is 7. The number of benzene rings is 1.